The Morgan fingerprint density at radius 1 is 1.27 bits per heavy atom. The topological polar surface area (TPSA) is 20.3 Å². The third-order valence-electron chi connectivity index (χ3n) is 4.25. The molecule has 1 aliphatic rings. The summed E-state index contributed by atoms with van der Waals surface area (Å²) >= 11 is 1.63. The molecule has 0 aliphatic carbocycles. The van der Waals surface area contributed by atoms with Crippen molar-refractivity contribution in [3.8, 4) is 0 Å². The normalized spacial score (nSPS) is 14.8. The summed E-state index contributed by atoms with van der Waals surface area (Å²) in [6.07, 6.45) is 4.12. The van der Waals surface area contributed by atoms with Crippen LogP contribution in [0.2, 0.25) is 0 Å². The van der Waals surface area contributed by atoms with Gasteiger partial charge in [-0.15, -0.1) is 11.3 Å². The van der Waals surface area contributed by atoms with Crippen molar-refractivity contribution < 1.29 is 4.79 Å². The Kier molecular flexibility index (Phi) is 4.44. The van der Waals surface area contributed by atoms with Crippen molar-refractivity contribution in [3.63, 3.8) is 0 Å². The third kappa shape index (κ3) is 3.00. The average Bonchev–Trinajstić information content (AvgIpc) is 2.96. The van der Waals surface area contributed by atoms with Crippen LogP contribution < -0.4 is 0 Å². The molecule has 2 aromatic rings. The van der Waals surface area contributed by atoms with E-state index >= 15 is 0 Å². The molecule has 114 valence electrons. The predicted octanol–water partition coefficient (Wildman–Crippen LogP) is 4.55. The molecule has 0 unspecified atom stereocenters. The molecule has 1 aromatic carbocycles. The summed E-state index contributed by atoms with van der Waals surface area (Å²) in [7, 11) is 0. The molecule has 0 radical (unpaired) electrons. The van der Waals surface area contributed by atoms with E-state index in [-0.39, 0.29) is 5.91 Å². The van der Waals surface area contributed by atoms with Crippen molar-refractivity contribution in [2.75, 3.05) is 13.1 Å². The van der Waals surface area contributed by atoms with Crippen LogP contribution in [-0.2, 0) is 6.42 Å². The fourth-order valence-corrected chi connectivity index (χ4v) is 3.98. The minimum absolute atomic E-state index is 0.177. The van der Waals surface area contributed by atoms with Crippen molar-refractivity contribution in [3.05, 3.63) is 63.4 Å². The average molecular weight is 311 g/mol. The minimum Gasteiger partial charge on any atom is -0.334 e. The summed E-state index contributed by atoms with van der Waals surface area (Å²) in [5.41, 5.74) is 3.92. The summed E-state index contributed by atoms with van der Waals surface area (Å²) in [4.78, 5) is 16.7. The zero-order chi connectivity index (χ0) is 15.5. The van der Waals surface area contributed by atoms with Gasteiger partial charge in [0.15, 0.2) is 0 Å². The van der Waals surface area contributed by atoms with Gasteiger partial charge in [-0.3, -0.25) is 4.79 Å². The van der Waals surface area contributed by atoms with Crippen molar-refractivity contribution in [2.45, 2.75) is 26.7 Å². The summed E-state index contributed by atoms with van der Waals surface area (Å²) in [6.45, 7) is 5.75. The molecule has 0 fully saturated rings. The molecule has 1 amide bonds. The molecule has 22 heavy (non-hydrogen) atoms. The van der Waals surface area contributed by atoms with E-state index in [9.17, 15) is 4.79 Å². The summed E-state index contributed by atoms with van der Waals surface area (Å²) in [6, 6.07) is 12.5. The molecule has 1 aromatic heterocycles. The first-order valence-corrected chi connectivity index (χ1v) is 8.63. The molecule has 0 saturated carbocycles. The maximum absolute atomic E-state index is 12.6. The molecule has 0 saturated heterocycles. The number of rotatable bonds is 3. The number of hydrogen-bond donors (Lipinski definition) is 0. The van der Waals surface area contributed by atoms with Gasteiger partial charge in [0, 0.05) is 18.0 Å². The van der Waals surface area contributed by atoms with Crippen LogP contribution in [0.1, 0.15) is 39.0 Å². The van der Waals surface area contributed by atoms with Crippen LogP contribution in [0.4, 0.5) is 0 Å². The number of thiophene rings is 1. The molecule has 0 atom stereocenters. The number of aryl methyl sites for hydroxylation is 2. The number of nitrogens with zero attached hydrogens (tertiary/aromatic N) is 1. The smallest absolute Gasteiger partial charge is 0.264 e. The van der Waals surface area contributed by atoms with Gasteiger partial charge < -0.3 is 4.90 Å². The van der Waals surface area contributed by atoms with Crippen LogP contribution in [0.5, 0.6) is 0 Å². The maximum atomic E-state index is 12.6. The van der Waals surface area contributed by atoms with Crippen LogP contribution in [0.15, 0.2) is 42.5 Å². The first-order chi connectivity index (χ1) is 10.7. The zero-order valence-corrected chi connectivity index (χ0v) is 14.0. The fraction of sp³-hybridized carbons (Fsp3) is 0.316. The van der Waals surface area contributed by atoms with Crippen molar-refractivity contribution in [1.82, 2.24) is 4.90 Å². The Bertz CT molecular complexity index is 699. The van der Waals surface area contributed by atoms with Crippen molar-refractivity contribution in [2.24, 2.45) is 0 Å². The fourth-order valence-electron chi connectivity index (χ4n) is 2.90. The van der Waals surface area contributed by atoms with E-state index in [2.05, 4.69) is 50.3 Å². The van der Waals surface area contributed by atoms with Crippen molar-refractivity contribution >= 4 is 22.8 Å². The van der Waals surface area contributed by atoms with E-state index in [1.807, 2.05) is 11.0 Å². The van der Waals surface area contributed by atoms with Crippen molar-refractivity contribution in [1.29, 1.82) is 0 Å². The Hall–Kier alpha value is -1.87. The van der Waals surface area contributed by atoms with E-state index in [0.717, 1.165) is 24.3 Å². The van der Waals surface area contributed by atoms with Gasteiger partial charge in [-0.25, -0.2) is 0 Å². The first-order valence-electron chi connectivity index (χ1n) is 7.82. The van der Waals surface area contributed by atoms with E-state index in [0.29, 0.717) is 6.54 Å². The second kappa shape index (κ2) is 6.49. The maximum Gasteiger partial charge on any atom is 0.264 e. The number of carbonyl (C=O) groups excluding carboxylic acids is 1. The van der Waals surface area contributed by atoms with Gasteiger partial charge in [0.1, 0.15) is 0 Å². The van der Waals surface area contributed by atoms with E-state index < -0.39 is 0 Å². The molecule has 3 heteroatoms. The van der Waals surface area contributed by atoms with Crippen LogP contribution >= 0.6 is 11.3 Å². The Morgan fingerprint density at radius 2 is 2.05 bits per heavy atom. The highest BCUT2D eigenvalue weighted by molar-refractivity contribution is 7.14. The zero-order valence-electron chi connectivity index (χ0n) is 13.1. The highest BCUT2D eigenvalue weighted by atomic mass is 32.1. The minimum atomic E-state index is 0.177. The quantitative estimate of drug-likeness (QED) is 0.814. The Balaban J connectivity index is 1.72. The SMILES string of the molecule is CCc1cc(C(=O)N2CC=C(c3ccccc3)CC2)sc1C. The van der Waals surface area contributed by atoms with Gasteiger partial charge in [-0.2, -0.15) is 0 Å². The number of amides is 1. The Labute approximate surface area is 136 Å². The molecule has 0 bridgehead atoms. The monoisotopic (exact) mass is 311 g/mol. The standard InChI is InChI=1S/C19H21NOS/c1-3-15-13-18(22-14(15)2)19(21)20-11-9-17(10-12-20)16-7-5-4-6-8-16/h4-9,13H,3,10-12H2,1-2H3. The van der Waals surface area contributed by atoms with Gasteiger partial charge >= 0.3 is 0 Å². The first kappa shape index (κ1) is 15.0. The van der Waals surface area contributed by atoms with E-state index in [1.54, 1.807) is 11.3 Å². The third-order valence-corrected chi connectivity index (χ3v) is 5.33. The molecule has 1 aliphatic heterocycles. The number of carbonyl (C=O) groups is 1. The molecule has 2 nitrogen and oxygen atoms in total. The van der Waals surface area contributed by atoms with E-state index in [1.165, 1.54) is 21.6 Å². The second-order valence-corrected chi connectivity index (χ2v) is 6.90. The number of benzene rings is 1. The highest BCUT2D eigenvalue weighted by Crippen LogP contribution is 2.26. The molecule has 0 spiro atoms. The lowest BCUT2D eigenvalue weighted by atomic mass is 9.99. The molecule has 3 rings (SSSR count). The lowest BCUT2D eigenvalue weighted by molar-refractivity contribution is 0.0777. The largest absolute Gasteiger partial charge is 0.334 e. The lowest BCUT2D eigenvalue weighted by Gasteiger charge is -2.26. The summed E-state index contributed by atoms with van der Waals surface area (Å²) in [5, 5.41) is 0. The number of hydrogen-bond acceptors (Lipinski definition) is 2. The molecular formula is C19H21NOS. The lowest BCUT2D eigenvalue weighted by Crippen LogP contribution is -2.34. The van der Waals surface area contributed by atoms with Crippen LogP contribution in [0.3, 0.4) is 0 Å². The van der Waals surface area contributed by atoms with Crippen LogP contribution in [-0.4, -0.2) is 23.9 Å². The van der Waals surface area contributed by atoms with Gasteiger partial charge in [0.25, 0.3) is 5.91 Å². The van der Waals surface area contributed by atoms with E-state index in [4.69, 9.17) is 0 Å². The van der Waals surface area contributed by atoms with Crippen LogP contribution in [0.25, 0.3) is 5.57 Å². The summed E-state index contributed by atoms with van der Waals surface area (Å²) in [5.74, 6) is 0.177. The van der Waals surface area contributed by atoms with Gasteiger partial charge in [-0.05, 0) is 42.5 Å². The molecule has 0 N–H and O–H groups in total. The predicted molar refractivity (Wildman–Crippen MR) is 93.4 cm³/mol. The van der Waals surface area contributed by atoms with Gasteiger partial charge in [-0.1, -0.05) is 43.3 Å². The highest BCUT2D eigenvalue weighted by Gasteiger charge is 2.21. The molecule has 2 heterocycles. The summed E-state index contributed by atoms with van der Waals surface area (Å²) < 4.78 is 0. The second-order valence-electron chi connectivity index (χ2n) is 5.64. The Morgan fingerprint density at radius 3 is 2.64 bits per heavy atom. The van der Waals surface area contributed by atoms with Gasteiger partial charge in [0.2, 0.25) is 0 Å². The van der Waals surface area contributed by atoms with Gasteiger partial charge in [0.05, 0.1) is 4.88 Å². The molecular weight excluding hydrogens is 290 g/mol. The van der Waals surface area contributed by atoms with Crippen LogP contribution in [0, 0.1) is 6.92 Å².